The van der Waals surface area contributed by atoms with Crippen LogP contribution in [0.3, 0.4) is 0 Å². The van der Waals surface area contributed by atoms with Crippen LogP contribution in [-0.4, -0.2) is 16.1 Å². The van der Waals surface area contributed by atoms with Crippen molar-refractivity contribution in [2.24, 2.45) is 0 Å². The Balaban J connectivity index is 2.54. The van der Waals surface area contributed by atoms with Crippen LogP contribution in [0.5, 0.6) is 0 Å². The van der Waals surface area contributed by atoms with Crippen LogP contribution in [0.15, 0.2) is 30.5 Å². The summed E-state index contributed by atoms with van der Waals surface area (Å²) in [6, 6.07) is 4.75. The number of carboxylic acid groups (broad SMARTS) is 1. The highest BCUT2D eigenvalue weighted by Gasteiger charge is 2.14. The molecule has 0 saturated carbocycles. The van der Waals surface area contributed by atoms with Crippen molar-refractivity contribution in [3.05, 3.63) is 47.8 Å². The molecule has 0 aliphatic rings. The third kappa shape index (κ3) is 1.67. The molecule has 5 heteroatoms. The van der Waals surface area contributed by atoms with Gasteiger partial charge < -0.3 is 10.1 Å². The van der Waals surface area contributed by atoms with Gasteiger partial charge in [-0.15, -0.1) is 0 Å². The van der Waals surface area contributed by atoms with Gasteiger partial charge in [-0.1, -0.05) is 6.07 Å². The SMILES string of the molecule is O=C(O)c1[nH]ccc1-c1ccc(F)c(F)c1. The molecule has 0 atom stereocenters. The van der Waals surface area contributed by atoms with Crippen molar-refractivity contribution in [3.63, 3.8) is 0 Å². The minimum Gasteiger partial charge on any atom is -0.477 e. The summed E-state index contributed by atoms with van der Waals surface area (Å²) in [5.41, 5.74) is 0.593. The highest BCUT2D eigenvalue weighted by molar-refractivity contribution is 5.94. The molecular formula is C11H7F2NO2. The Morgan fingerprint density at radius 1 is 1.19 bits per heavy atom. The van der Waals surface area contributed by atoms with E-state index in [1.54, 1.807) is 0 Å². The molecule has 0 fully saturated rings. The molecule has 16 heavy (non-hydrogen) atoms. The smallest absolute Gasteiger partial charge is 0.352 e. The lowest BCUT2D eigenvalue weighted by atomic mass is 10.1. The van der Waals surface area contributed by atoms with Gasteiger partial charge in [0.2, 0.25) is 0 Å². The zero-order chi connectivity index (χ0) is 11.7. The average Bonchev–Trinajstić information content (AvgIpc) is 2.71. The van der Waals surface area contributed by atoms with E-state index in [0.717, 1.165) is 12.1 Å². The maximum absolute atomic E-state index is 13.0. The molecule has 0 spiro atoms. The zero-order valence-corrected chi connectivity index (χ0v) is 8.00. The maximum atomic E-state index is 13.0. The summed E-state index contributed by atoms with van der Waals surface area (Å²) in [4.78, 5) is 13.3. The van der Waals surface area contributed by atoms with Crippen LogP contribution in [-0.2, 0) is 0 Å². The van der Waals surface area contributed by atoms with E-state index in [4.69, 9.17) is 5.11 Å². The molecule has 2 rings (SSSR count). The van der Waals surface area contributed by atoms with E-state index in [2.05, 4.69) is 4.98 Å². The second-order valence-corrected chi connectivity index (χ2v) is 3.20. The first-order valence-corrected chi connectivity index (χ1v) is 4.45. The number of hydrogen-bond acceptors (Lipinski definition) is 1. The average molecular weight is 223 g/mol. The van der Waals surface area contributed by atoms with Gasteiger partial charge in [-0.25, -0.2) is 13.6 Å². The summed E-state index contributed by atoms with van der Waals surface area (Å²) in [5.74, 6) is -3.11. The largest absolute Gasteiger partial charge is 0.477 e. The normalized spacial score (nSPS) is 10.4. The van der Waals surface area contributed by atoms with Crippen molar-refractivity contribution in [2.45, 2.75) is 0 Å². The molecule has 0 saturated heterocycles. The fourth-order valence-corrected chi connectivity index (χ4v) is 1.45. The summed E-state index contributed by atoms with van der Waals surface area (Å²) in [6.07, 6.45) is 1.43. The van der Waals surface area contributed by atoms with Crippen molar-refractivity contribution in [2.75, 3.05) is 0 Å². The summed E-state index contributed by atoms with van der Waals surface area (Å²) in [7, 11) is 0. The van der Waals surface area contributed by atoms with E-state index < -0.39 is 17.6 Å². The minimum absolute atomic E-state index is 0.0500. The number of benzene rings is 1. The molecule has 0 amide bonds. The van der Waals surface area contributed by atoms with E-state index >= 15 is 0 Å². The van der Waals surface area contributed by atoms with Crippen LogP contribution in [0.2, 0.25) is 0 Å². The van der Waals surface area contributed by atoms with E-state index in [-0.39, 0.29) is 5.69 Å². The van der Waals surface area contributed by atoms with Crippen LogP contribution >= 0.6 is 0 Å². The monoisotopic (exact) mass is 223 g/mol. The molecule has 82 valence electrons. The summed E-state index contributed by atoms with van der Waals surface area (Å²) < 4.78 is 25.7. The number of rotatable bonds is 2. The molecular weight excluding hydrogens is 216 g/mol. The molecule has 0 unspecified atom stereocenters. The van der Waals surface area contributed by atoms with Gasteiger partial charge in [0, 0.05) is 11.8 Å². The number of nitrogens with one attached hydrogen (secondary N) is 1. The maximum Gasteiger partial charge on any atom is 0.352 e. The first-order chi connectivity index (χ1) is 7.59. The summed E-state index contributed by atoms with van der Waals surface area (Å²) >= 11 is 0. The Morgan fingerprint density at radius 2 is 1.94 bits per heavy atom. The van der Waals surface area contributed by atoms with Crippen molar-refractivity contribution >= 4 is 5.97 Å². The number of aromatic carboxylic acids is 1. The van der Waals surface area contributed by atoms with Gasteiger partial charge in [0.25, 0.3) is 0 Å². The van der Waals surface area contributed by atoms with Crippen LogP contribution in [0.1, 0.15) is 10.5 Å². The fraction of sp³-hybridized carbons (Fsp3) is 0. The van der Waals surface area contributed by atoms with Crippen LogP contribution in [0.25, 0.3) is 11.1 Å². The molecule has 0 aliphatic carbocycles. The quantitative estimate of drug-likeness (QED) is 0.822. The highest BCUT2D eigenvalue weighted by Crippen LogP contribution is 2.24. The molecule has 1 aromatic heterocycles. The van der Waals surface area contributed by atoms with E-state index in [1.807, 2.05) is 0 Å². The molecule has 3 nitrogen and oxygen atoms in total. The lowest BCUT2D eigenvalue weighted by Crippen LogP contribution is -1.98. The number of hydrogen-bond donors (Lipinski definition) is 2. The number of carbonyl (C=O) groups is 1. The Hall–Kier alpha value is -2.17. The van der Waals surface area contributed by atoms with E-state index in [1.165, 1.54) is 18.3 Å². The standard InChI is InChI=1S/C11H7F2NO2/c12-8-2-1-6(5-9(8)13)7-3-4-14-10(7)11(15)16/h1-5,14H,(H,15,16). The Morgan fingerprint density at radius 3 is 2.56 bits per heavy atom. The first-order valence-electron chi connectivity index (χ1n) is 4.45. The second-order valence-electron chi connectivity index (χ2n) is 3.20. The summed E-state index contributed by atoms with van der Waals surface area (Å²) in [6.45, 7) is 0. The van der Waals surface area contributed by atoms with Crippen molar-refractivity contribution in [3.8, 4) is 11.1 Å². The van der Waals surface area contributed by atoms with Gasteiger partial charge in [-0.3, -0.25) is 0 Å². The molecule has 2 N–H and O–H groups in total. The highest BCUT2D eigenvalue weighted by atomic mass is 19.2. The van der Waals surface area contributed by atoms with Gasteiger partial charge in [-0.05, 0) is 23.8 Å². The van der Waals surface area contributed by atoms with Gasteiger partial charge in [0.15, 0.2) is 11.6 Å². The van der Waals surface area contributed by atoms with Gasteiger partial charge in [-0.2, -0.15) is 0 Å². The lowest BCUT2D eigenvalue weighted by Gasteiger charge is -2.01. The van der Waals surface area contributed by atoms with Gasteiger partial charge in [0.05, 0.1) is 0 Å². The fourth-order valence-electron chi connectivity index (χ4n) is 1.45. The molecule has 1 heterocycles. The predicted octanol–water partition coefficient (Wildman–Crippen LogP) is 2.66. The molecule has 1 aromatic carbocycles. The molecule has 0 radical (unpaired) electrons. The lowest BCUT2D eigenvalue weighted by molar-refractivity contribution is 0.0692. The number of carboxylic acids is 1. The molecule has 0 bridgehead atoms. The Kier molecular flexibility index (Phi) is 2.44. The number of aromatic amines is 1. The number of aromatic nitrogens is 1. The Labute approximate surface area is 89.3 Å². The minimum atomic E-state index is -1.15. The number of H-pyrrole nitrogens is 1. The first kappa shape index (κ1) is 10.4. The van der Waals surface area contributed by atoms with Gasteiger partial charge >= 0.3 is 5.97 Å². The van der Waals surface area contributed by atoms with Crippen LogP contribution in [0, 0.1) is 11.6 Å². The third-order valence-corrected chi connectivity index (χ3v) is 2.19. The van der Waals surface area contributed by atoms with Crippen LogP contribution < -0.4 is 0 Å². The molecule has 2 aromatic rings. The third-order valence-electron chi connectivity index (χ3n) is 2.19. The van der Waals surface area contributed by atoms with E-state index in [9.17, 15) is 13.6 Å². The number of halogens is 2. The van der Waals surface area contributed by atoms with Gasteiger partial charge in [0.1, 0.15) is 5.69 Å². The van der Waals surface area contributed by atoms with Crippen molar-refractivity contribution < 1.29 is 18.7 Å². The molecule has 0 aliphatic heterocycles. The van der Waals surface area contributed by atoms with Crippen molar-refractivity contribution in [1.29, 1.82) is 0 Å². The Bertz CT molecular complexity index is 549. The predicted molar refractivity (Wildman–Crippen MR) is 53.1 cm³/mol. The van der Waals surface area contributed by atoms with Crippen molar-refractivity contribution in [1.82, 2.24) is 4.98 Å². The van der Waals surface area contributed by atoms with E-state index in [0.29, 0.717) is 11.1 Å². The van der Waals surface area contributed by atoms with Crippen LogP contribution in [0.4, 0.5) is 8.78 Å². The topological polar surface area (TPSA) is 53.1 Å². The summed E-state index contributed by atoms with van der Waals surface area (Å²) in [5, 5.41) is 8.84. The second kappa shape index (κ2) is 3.77. The zero-order valence-electron chi connectivity index (χ0n) is 8.00.